The summed E-state index contributed by atoms with van der Waals surface area (Å²) in [7, 11) is 3.21. The van der Waals surface area contributed by atoms with Gasteiger partial charge in [-0.05, 0) is 60.9 Å². The topological polar surface area (TPSA) is 91.4 Å². The number of aryl methyl sites for hydroxylation is 1. The molecule has 1 N–H and O–H groups in total. The Bertz CT molecular complexity index is 1250. The summed E-state index contributed by atoms with van der Waals surface area (Å²) >= 11 is 1.33. The summed E-state index contributed by atoms with van der Waals surface area (Å²) in [5.41, 5.74) is 3.07. The first kappa shape index (κ1) is 23.4. The first-order valence-electron chi connectivity index (χ1n) is 10.8. The number of methoxy groups -OCH3 is 2. The van der Waals surface area contributed by atoms with Crippen LogP contribution in [0.1, 0.15) is 11.1 Å². The molecule has 0 atom stereocenters. The molecule has 0 bridgehead atoms. The third-order valence-corrected chi connectivity index (χ3v) is 6.08. The highest BCUT2D eigenvalue weighted by atomic mass is 32.2. The third kappa shape index (κ3) is 5.43. The average molecular weight is 479 g/mol. The number of rotatable bonds is 10. The minimum Gasteiger partial charge on any atom is -0.493 e. The molecule has 0 radical (unpaired) electrons. The number of nitrogens with one attached hydrogen (secondary N) is 1. The minimum absolute atomic E-state index is 0.0798. The van der Waals surface area contributed by atoms with Crippen molar-refractivity contribution in [3.8, 4) is 28.8 Å². The lowest BCUT2D eigenvalue weighted by Crippen LogP contribution is -2.27. The Morgan fingerprint density at radius 2 is 1.91 bits per heavy atom. The van der Waals surface area contributed by atoms with Gasteiger partial charge in [-0.3, -0.25) is 9.36 Å². The maximum Gasteiger partial charge on any atom is 0.230 e. The molecule has 2 heterocycles. The summed E-state index contributed by atoms with van der Waals surface area (Å²) in [6.45, 7) is 2.54. The van der Waals surface area contributed by atoms with Crippen LogP contribution in [0.25, 0.3) is 17.3 Å². The van der Waals surface area contributed by atoms with Crippen LogP contribution in [0.5, 0.6) is 11.5 Å². The number of amides is 1. The number of ether oxygens (including phenoxy) is 2. The van der Waals surface area contributed by atoms with Crippen LogP contribution in [0, 0.1) is 6.92 Å². The van der Waals surface area contributed by atoms with E-state index in [-0.39, 0.29) is 11.7 Å². The van der Waals surface area contributed by atoms with E-state index in [1.807, 2.05) is 66.1 Å². The van der Waals surface area contributed by atoms with Gasteiger partial charge >= 0.3 is 0 Å². The Kier molecular flexibility index (Phi) is 7.54. The number of nitrogens with zero attached hydrogens (tertiary/aromatic N) is 3. The summed E-state index contributed by atoms with van der Waals surface area (Å²) in [6.07, 6.45) is 2.28. The molecule has 9 heteroatoms. The van der Waals surface area contributed by atoms with Crippen molar-refractivity contribution in [2.24, 2.45) is 0 Å². The van der Waals surface area contributed by atoms with Crippen LogP contribution in [-0.4, -0.2) is 47.2 Å². The van der Waals surface area contributed by atoms with E-state index in [0.717, 1.165) is 16.8 Å². The highest BCUT2D eigenvalue weighted by Gasteiger charge is 2.19. The van der Waals surface area contributed by atoms with Crippen molar-refractivity contribution >= 4 is 17.7 Å². The zero-order valence-corrected chi connectivity index (χ0v) is 20.1. The summed E-state index contributed by atoms with van der Waals surface area (Å²) in [4.78, 5) is 12.5. The van der Waals surface area contributed by atoms with Crippen LogP contribution >= 0.6 is 11.8 Å². The zero-order chi connectivity index (χ0) is 23.9. The van der Waals surface area contributed by atoms with Gasteiger partial charge in [0.05, 0.1) is 31.9 Å². The van der Waals surface area contributed by atoms with E-state index in [4.69, 9.17) is 13.9 Å². The number of thioether (sulfide) groups is 1. The summed E-state index contributed by atoms with van der Waals surface area (Å²) in [5, 5.41) is 12.2. The fourth-order valence-corrected chi connectivity index (χ4v) is 4.27. The van der Waals surface area contributed by atoms with Gasteiger partial charge in [0.25, 0.3) is 0 Å². The van der Waals surface area contributed by atoms with Crippen molar-refractivity contribution < 1.29 is 18.7 Å². The molecule has 0 aliphatic carbocycles. The maximum absolute atomic E-state index is 12.5. The lowest BCUT2D eigenvalue weighted by Gasteiger charge is -2.11. The molecule has 34 heavy (non-hydrogen) atoms. The van der Waals surface area contributed by atoms with Crippen LogP contribution in [0.15, 0.2) is 70.4 Å². The maximum atomic E-state index is 12.5. The quantitative estimate of drug-likeness (QED) is 0.340. The van der Waals surface area contributed by atoms with E-state index < -0.39 is 0 Å². The van der Waals surface area contributed by atoms with Gasteiger partial charge in [0.2, 0.25) is 11.7 Å². The second-order valence-corrected chi connectivity index (χ2v) is 8.48. The van der Waals surface area contributed by atoms with Crippen LogP contribution in [0.2, 0.25) is 0 Å². The summed E-state index contributed by atoms with van der Waals surface area (Å²) in [5.74, 6) is 2.69. The predicted molar refractivity (Wildman–Crippen MR) is 131 cm³/mol. The van der Waals surface area contributed by atoms with E-state index in [1.165, 1.54) is 11.8 Å². The first-order chi connectivity index (χ1) is 16.6. The van der Waals surface area contributed by atoms with Crippen molar-refractivity contribution in [1.29, 1.82) is 0 Å². The molecule has 0 unspecified atom stereocenters. The predicted octanol–water partition coefficient (Wildman–Crippen LogP) is 4.30. The van der Waals surface area contributed by atoms with E-state index in [9.17, 15) is 4.79 Å². The van der Waals surface area contributed by atoms with Crippen molar-refractivity contribution in [3.05, 3.63) is 72.0 Å². The molecule has 2 aromatic heterocycles. The lowest BCUT2D eigenvalue weighted by molar-refractivity contribution is -0.118. The van der Waals surface area contributed by atoms with Gasteiger partial charge in [0.1, 0.15) is 0 Å². The molecule has 8 nitrogen and oxygen atoms in total. The third-order valence-electron chi connectivity index (χ3n) is 5.15. The number of aromatic nitrogens is 3. The smallest absolute Gasteiger partial charge is 0.230 e. The van der Waals surface area contributed by atoms with E-state index in [0.29, 0.717) is 41.2 Å². The molecule has 176 valence electrons. The van der Waals surface area contributed by atoms with Gasteiger partial charge in [-0.1, -0.05) is 30.0 Å². The number of furan rings is 1. The van der Waals surface area contributed by atoms with Crippen molar-refractivity contribution in [1.82, 2.24) is 20.1 Å². The summed E-state index contributed by atoms with van der Waals surface area (Å²) < 4.78 is 18.1. The molecule has 0 aliphatic heterocycles. The highest BCUT2D eigenvalue weighted by Crippen LogP contribution is 2.29. The number of benzene rings is 2. The van der Waals surface area contributed by atoms with Gasteiger partial charge in [-0.15, -0.1) is 10.2 Å². The first-order valence-corrected chi connectivity index (χ1v) is 11.7. The highest BCUT2D eigenvalue weighted by molar-refractivity contribution is 7.99. The average Bonchev–Trinajstić information content (AvgIpc) is 3.52. The Labute approximate surface area is 202 Å². The molecule has 4 rings (SSSR count). The van der Waals surface area contributed by atoms with Crippen LogP contribution in [-0.2, 0) is 11.2 Å². The Morgan fingerprint density at radius 1 is 1.06 bits per heavy atom. The van der Waals surface area contributed by atoms with Crippen molar-refractivity contribution in [3.63, 3.8) is 0 Å². The molecule has 0 saturated heterocycles. The standard InChI is InChI=1S/C25H26N4O4S/c1-17-6-4-7-19(14-17)29-24(21-8-5-13-33-21)27-28-25(29)34-16-23(30)26-12-11-18-9-10-20(31-2)22(15-18)32-3/h4-10,13-15H,11-12,16H2,1-3H3,(H,26,30). The van der Waals surface area contributed by atoms with E-state index >= 15 is 0 Å². The second kappa shape index (κ2) is 10.9. The molecule has 0 saturated carbocycles. The summed E-state index contributed by atoms with van der Waals surface area (Å²) in [6, 6.07) is 17.4. The Morgan fingerprint density at radius 3 is 2.65 bits per heavy atom. The lowest BCUT2D eigenvalue weighted by atomic mass is 10.1. The van der Waals surface area contributed by atoms with Crippen molar-refractivity contribution in [2.75, 3.05) is 26.5 Å². The molecular weight excluding hydrogens is 452 g/mol. The molecule has 2 aromatic carbocycles. The fourth-order valence-electron chi connectivity index (χ4n) is 3.49. The number of hydrogen-bond donors (Lipinski definition) is 1. The van der Waals surface area contributed by atoms with Crippen LogP contribution < -0.4 is 14.8 Å². The zero-order valence-electron chi connectivity index (χ0n) is 19.3. The SMILES string of the molecule is COc1ccc(CCNC(=O)CSc2nnc(-c3ccco3)n2-c2cccc(C)c2)cc1OC. The van der Waals surface area contributed by atoms with Gasteiger partial charge in [-0.2, -0.15) is 0 Å². The van der Waals surface area contributed by atoms with E-state index in [2.05, 4.69) is 15.5 Å². The number of carbonyl (C=O) groups is 1. The Hall–Kier alpha value is -3.72. The van der Waals surface area contributed by atoms with Gasteiger partial charge in [-0.25, -0.2) is 0 Å². The molecule has 4 aromatic rings. The number of hydrogen-bond acceptors (Lipinski definition) is 7. The van der Waals surface area contributed by atoms with Crippen molar-refractivity contribution in [2.45, 2.75) is 18.5 Å². The van der Waals surface area contributed by atoms with Crippen LogP contribution in [0.3, 0.4) is 0 Å². The molecule has 0 fully saturated rings. The number of carbonyl (C=O) groups excluding carboxylic acids is 1. The van der Waals surface area contributed by atoms with Gasteiger partial charge in [0.15, 0.2) is 22.4 Å². The van der Waals surface area contributed by atoms with Crippen LogP contribution in [0.4, 0.5) is 0 Å². The molecule has 0 aliphatic rings. The second-order valence-electron chi connectivity index (χ2n) is 7.54. The molecular formula is C25H26N4O4S. The molecule has 1 amide bonds. The normalized spacial score (nSPS) is 10.8. The van der Waals surface area contributed by atoms with Gasteiger partial charge < -0.3 is 19.2 Å². The van der Waals surface area contributed by atoms with E-state index in [1.54, 1.807) is 20.5 Å². The largest absolute Gasteiger partial charge is 0.493 e. The Balaban J connectivity index is 1.40. The monoisotopic (exact) mass is 478 g/mol. The molecule has 0 spiro atoms. The van der Waals surface area contributed by atoms with Gasteiger partial charge in [0, 0.05) is 6.54 Å². The minimum atomic E-state index is -0.0798. The fraction of sp³-hybridized carbons (Fsp3) is 0.240.